The minimum atomic E-state index is -3.77. The zero-order chi connectivity index (χ0) is 19.1. The Balaban J connectivity index is 1.86. The lowest BCUT2D eigenvalue weighted by Gasteiger charge is -2.16. The van der Waals surface area contributed by atoms with Gasteiger partial charge in [0.25, 0.3) is 10.0 Å². The largest absolute Gasteiger partial charge is 0.491 e. The summed E-state index contributed by atoms with van der Waals surface area (Å²) in [4.78, 5) is 12.1. The highest BCUT2D eigenvalue weighted by Crippen LogP contribution is 2.38. The molecule has 1 aliphatic heterocycles. The lowest BCUT2D eigenvalue weighted by molar-refractivity contribution is -0.119. The van der Waals surface area contributed by atoms with Gasteiger partial charge in [0.05, 0.1) is 16.4 Å². The molecule has 3 rings (SSSR count). The van der Waals surface area contributed by atoms with Gasteiger partial charge in [-0.15, -0.1) is 0 Å². The van der Waals surface area contributed by atoms with Gasteiger partial charge in [-0.25, -0.2) is 8.42 Å². The maximum Gasteiger partial charge on any atom is 0.261 e. The van der Waals surface area contributed by atoms with Gasteiger partial charge in [-0.2, -0.15) is 0 Å². The monoisotopic (exact) mass is 374 g/mol. The molecule has 0 spiro atoms. The van der Waals surface area contributed by atoms with Crippen molar-refractivity contribution in [1.82, 2.24) is 0 Å². The third-order valence-electron chi connectivity index (χ3n) is 4.27. The fraction of sp³-hybridized carbons (Fsp3) is 0.316. The molecule has 6 nitrogen and oxygen atoms in total. The predicted octanol–water partition coefficient (Wildman–Crippen LogP) is 3.50. The van der Waals surface area contributed by atoms with Gasteiger partial charge in [0, 0.05) is 11.4 Å². The molecule has 0 unspecified atom stereocenters. The SMILES string of the molecule is CC(C)Oc1ccc(NS(=O)(=O)c2ccc3c(c2)C(C)(C)C(=O)N3)cc1. The summed E-state index contributed by atoms with van der Waals surface area (Å²) in [6.45, 7) is 7.38. The predicted molar refractivity (Wildman–Crippen MR) is 101 cm³/mol. The molecule has 1 amide bonds. The van der Waals surface area contributed by atoms with Gasteiger partial charge in [-0.3, -0.25) is 9.52 Å². The first-order chi connectivity index (χ1) is 12.1. The van der Waals surface area contributed by atoms with Crippen LogP contribution in [0.25, 0.3) is 0 Å². The van der Waals surface area contributed by atoms with E-state index >= 15 is 0 Å². The van der Waals surface area contributed by atoms with E-state index in [4.69, 9.17) is 4.74 Å². The number of anilines is 2. The van der Waals surface area contributed by atoms with Crippen LogP contribution in [0.1, 0.15) is 33.3 Å². The highest BCUT2D eigenvalue weighted by atomic mass is 32.2. The minimum Gasteiger partial charge on any atom is -0.491 e. The summed E-state index contributed by atoms with van der Waals surface area (Å²) in [5, 5.41) is 2.77. The maximum atomic E-state index is 12.7. The van der Waals surface area contributed by atoms with Crippen molar-refractivity contribution in [3.8, 4) is 5.75 Å². The zero-order valence-electron chi connectivity index (χ0n) is 15.2. The van der Waals surface area contributed by atoms with Crippen molar-refractivity contribution in [1.29, 1.82) is 0 Å². The topological polar surface area (TPSA) is 84.5 Å². The first-order valence-corrected chi connectivity index (χ1v) is 9.83. The molecule has 1 aliphatic rings. The number of sulfonamides is 1. The number of benzene rings is 2. The van der Waals surface area contributed by atoms with E-state index in [0.29, 0.717) is 22.7 Å². The number of amides is 1. The molecule has 0 radical (unpaired) electrons. The molecule has 0 fully saturated rings. The lowest BCUT2D eigenvalue weighted by Crippen LogP contribution is -2.27. The van der Waals surface area contributed by atoms with E-state index in [1.165, 1.54) is 6.07 Å². The number of carbonyl (C=O) groups excluding carboxylic acids is 1. The van der Waals surface area contributed by atoms with Gasteiger partial charge >= 0.3 is 0 Å². The van der Waals surface area contributed by atoms with Crippen LogP contribution >= 0.6 is 0 Å². The Kier molecular flexibility index (Phi) is 4.44. The summed E-state index contributed by atoms with van der Waals surface area (Å²) in [7, 11) is -3.77. The molecule has 0 saturated heterocycles. The van der Waals surface area contributed by atoms with Crippen LogP contribution in [-0.2, 0) is 20.2 Å². The van der Waals surface area contributed by atoms with Crippen molar-refractivity contribution in [2.45, 2.75) is 44.1 Å². The highest BCUT2D eigenvalue weighted by molar-refractivity contribution is 7.92. The number of nitrogens with one attached hydrogen (secondary N) is 2. The third-order valence-corrected chi connectivity index (χ3v) is 5.65. The van der Waals surface area contributed by atoms with Gasteiger partial charge in [0.1, 0.15) is 5.75 Å². The normalized spacial score (nSPS) is 15.5. The van der Waals surface area contributed by atoms with Crippen LogP contribution in [-0.4, -0.2) is 20.4 Å². The van der Waals surface area contributed by atoms with E-state index < -0.39 is 15.4 Å². The first kappa shape index (κ1) is 18.3. The van der Waals surface area contributed by atoms with Crippen LogP contribution in [0.15, 0.2) is 47.4 Å². The molecular formula is C19H22N2O4S. The van der Waals surface area contributed by atoms with E-state index in [2.05, 4.69) is 10.0 Å². The lowest BCUT2D eigenvalue weighted by atomic mass is 9.86. The van der Waals surface area contributed by atoms with Crippen molar-refractivity contribution >= 4 is 27.3 Å². The average Bonchev–Trinajstić information content (AvgIpc) is 2.78. The van der Waals surface area contributed by atoms with Crippen LogP contribution in [0.5, 0.6) is 5.75 Å². The van der Waals surface area contributed by atoms with Gasteiger partial charge in [0.2, 0.25) is 5.91 Å². The van der Waals surface area contributed by atoms with Gasteiger partial charge in [-0.05, 0) is 75.7 Å². The zero-order valence-corrected chi connectivity index (χ0v) is 16.0. The van der Waals surface area contributed by atoms with Crippen molar-refractivity contribution < 1.29 is 17.9 Å². The molecule has 2 aromatic carbocycles. The van der Waals surface area contributed by atoms with Crippen LogP contribution in [0.2, 0.25) is 0 Å². The summed E-state index contributed by atoms with van der Waals surface area (Å²) < 4.78 is 33.5. The molecule has 0 aromatic heterocycles. The smallest absolute Gasteiger partial charge is 0.261 e. The molecule has 0 saturated carbocycles. The van der Waals surface area contributed by atoms with Crippen molar-refractivity contribution in [3.05, 3.63) is 48.0 Å². The highest BCUT2D eigenvalue weighted by Gasteiger charge is 2.39. The van der Waals surface area contributed by atoms with Gasteiger partial charge in [-0.1, -0.05) is 0 Å². The quantitative estimate of drug-likeness (QED) is 0.839. The first-order valence-electron chi connectivity index (χ1n) is 8.35. The van der Waals surface area contributed by atoms with Crippen molar-refractivity contribution in [3.63, 3.8) is 0 Å². The molecule has 7 heteroatoms. The maximum absolute atomic E-state index is 12.7. The van der Waals surface area contributed by atoms with Crippen LogP contribution < -0.4 is 14.8 Å². The molecule has 2 aromatic rings. The fourth-order valence-corrected chi connectivity index (χ4v) is 3.89. The van der Waals surface area contributed by atoms with E-state index in [9.17, 15) is 13.2 Å². The number of rotatable bonds is 5. The number of ether oxygens (including phenoxy) is 1. The number of hydrogen-bond acceptors (Lipinski definition) is 4. The van der Waals surface area contributed by atoms with Gasteiger partial charge in [0.15, 0.2) is 0 Å². The molecular weight excluding hydrogens is 352 g/mol. The van der Waals surface area contributed by atoms with Gasteiger partial charge < -0.3 is 10.1 Å². The number of hydrogen-bond donors (Lipinski definition) is 2. The van der Waals surface area contributed by atoms with Crippen LogP contribution in [0, 0.1) is 0 Å². The summed E-state index contributed by atoms with van der Waals surface area (Å²) in [6, 6.07) is 11.4. The summed E-state index contributed by atoms with van der Waals surface area (Å²) in [5.41, 5.74) is 0.992. The fourth-order valence-electron chi connectivity index (χ4n) is 2.81. The molecule has 2 N–H and O–H groups in total. The van der Waals surface area contributed by atoms with E-state index in [-0.39, 0.29) is 16.9 Å². The van der Waals surface area contributed by atoms with E-state index in [0.717, 1.165) is 0 Å². The Morgan fingerprint density at radius 2 is 1.73 bits per heavy atom. The Bertz CT molecular complexity index is 948. The Hall–Kier alpha value is -2.54. The number of fused-ring (bicyclic) bond motifs is 1. The molecule has 1 heterocycles. The van der Waals surface area contributed by atoms with Crippen molar-refractivity contribution in [2.24, 2.45) is 0 Å². The van der Waals surface area contributed by atoms with Crippen molar-refractivity contribution in [2.75, 3.05) is 10.0 Å². The van der Waals surface area contributed by atoms with E-state index in [1.54, 1.807) is 50.2 Å². The molecule has 138 valence electrons. The van der Waals surface area contributed by atoms with Crippen LogP contribution in [0.4, 0.5) is 11.4 Å². The van der Waals surface area contributed by atoms with E-state index in [1.807, 2.05) is 13.8 Å². The Labute approximate surface area is 153 Å². The summed E-state index contributed by atoms with van der Waals surface area (Å²) >= 11 is 0. The molecule has 0 bridgehead atoms. The Morgan fingerprint density at radius 3 is 2.35 bits per heavy atom. The minimum absolute atomic E-state index is 0.0450. The summed E-state index contributed by atoms with van der Waals surface area (Å²) in [5.74, 6) is 0.530. The second-order valence-electron chi connectivity index (χ2n) is 7.08. The number of carbonyl (C=O) groups is 1. The Morgan fingerprint density at radius 1 is 1.08 bits per heavy atom. The molecule has 0 atom stereocenters. The second-order valence-corrected chi connectivity index (χ2v) is 8.77. The molecule has 0 aliphatic carbocycles. The average molecular weight is 374 g/mol. The summed E-state index contributed by atoms with van der Waals surface area (Å²) in [6.07, 6.45) is 0.0450. The second kappa shape index (κ2) is 6.32. The third kappa shape index (κ3) is 3.39. The van der Waals surface area contributed by atoms with Crippen LogP contribution in [0.3, 0.4) is 0 Å². The standard InChI is InChI=1S/C19H22N2O4S/c1-12(2)25-14-7-5-13(6-8-14)21-26(23,24)15-9-10-17-16(11-15)19(3,4)18(22)20-17/h5-12,21H,1-4H3,(H,20,22). The molecule has 26 heavy (non-hydrogen) atoms.